The van der Waals surface area contributed by atoms with Crippen molar-refractivity contribution in [2.24, 2.45) is 29.4 Å². The molecule has 0 aromatic heterocycles. The zero-order valence-electron chi connectivity index (χ0n) is 15.1. The lowest BCUT2D eigenvalue weighted by atomic mass is 9.94. The molecule has 26 heavy (non-hydrogen) atoms. The number of carbonyl (C=O) groups is 2. The molecule has 0 amide bonds. The van der Waals surface area contributed by atoms with Crippen LogP contribution in [0, 0.1) is 33.8 Å². The molecule has 0 saturated heterocycles. The zero-order chi connectivity index (χ0) is 19.3. The second-order valence-corrected chi connectivity index (χ2v) is 6.94. The van der Waals surface area contributed by atoms with E-state index in [2.05, 4.69) is 13.8 Å². The van der Waals surface area contributed by atoms with Crippen LogP contribution in [-0.2, 0) is 9.59 Å². The van der Waals surface area contributed by atoms with E-state index in [1.165, 1.54) is 0 Å². The van der Waals surface area contributed by atoms with Crippen molar-refractivity contribution in [3.8, 4) is 0 Å². The number of aliphatic carboxylic acids is 2. The fraction of sp³-hybridized carbons (Fsp3) is 0.889. The maximum atomic E-state index is 10.4. The van der Waals surface area contributed by atoms with Crippen LogP contribution in [0.15, 0.2) is 0 Å². The summed E-state index contributed by atoms with van der Waals surface area (Å²) >= 11 is 0. The lowest BCUT2D eigenvalue weighted by Gasteiger charge is -2.13. The molecule has 8 heteroatoms. The number of rotatable bonds is 11. The van der Waals surface area contributed by atoms with E-state index in [0.717, 1.165) is 6.42 Å². The molecule has 0 aliphatic rings. The van der Waals surface area contributed by atoms with Gasteiger partial charge in [-0.2, -0.15) is 0 Å². The lowest BCUT2D eigenvalue weighted by molar-refractivity contribution is -0.488. The summed E-state index contributed by atoms with van der Waals surface area (Å²) in [6, 6.07) is 0. The van der Waals surface area contributed by atoms with E-state index in [0.29, 0.717) is 24.8 Å². The molecule has 0 radical (unpaired) electrons. The van der Waals surface area contributed by atoms with Crippen molar-refractivity contribution < 1.29 is 24.7 Å². The SMILES string of the molecule is C.C.CC(C)C[C@@H](CC(=O)O)C[N+](=O)[O-].CC(C)C[C@H](CN)CC(=O)O. The van der Waals surface area contributed by atoms with E-state index in [1.807, 2.05) is 13.8 Å². The van der Waals surface area contributed by atoms with Crippen LogP contribution < -0.4 is 5.73 Å². The molecule has 4 N–H and O–H groups in total. The third-order valence-corrected chi connectivity index (χ3v) is 3.28. The first-order chi connectivity index (χ1) is 11.0. The highest BCUT2D eigenvalue weighted by molar-refractivity contribution is 5.67. The molecule has 0 unspecified atom stereocenters. The number of carboxylic acid groups (broad SMARTS) is 2. The Hall–Kier alpha value is -1.70. The van der Waals surface area contributed by atoms with Crippen molar-refractivity contribution in [1.29, 1.82) is 0 Å². The molecule has 0 aliphatic carbocycles. The highest BCUT2D eigenvalue weighted by atomic mass is 16.6. The number of nitrogens with two attached hydrogens (primary N) is 1. The third-order valence-electron chi connectivity index (χ3n) is 3.28. The summed E-state index contributed by atoms with van der Waals surface area (Å²) in [5.41, 5.74) is 5.41. The minimum absolute atomic E-state index is 0. The number of carboxylic acids is 2. The summed E-state index contributed by atoms with van der Waals surface area (Å²) in [5, 5.41) is 27.1. The van der Waals surface area contributed by atoms with Crippen LogP contribution >= 0.6 is 0 Å². The summed E-state index contributed by atoms with van der Waals surface area (Å²) in [5.74, 6) is -1.08. The molecule has 8 nitrogen and oxygen atoms in total. The first-order valence-corrected chi connectivity index (χ1v) is 8.23. The second kappa shape index (κ2) is 18.1. The van der Waals surface area contributed by atoms with E-state index in [-0.39, 0.29) is 46.1 Å². The van der Waals surface area contributed by atoms with E-state index in [4.69, 9.17) is 15.9 Å². The maximum Gasteiger partial charge on any atom is 0.303 e. The van der Waals surface area contributed by atoms with Crippen LogP contribution in [0.2, 0.25) is 0 Å². The van der Waals surface area contributed by atoms with Crippen molar-refractivity contribution >= 4 is 11.9 Å². The Kier molecular flexibility index (Phi) is 22.3. The average molecular weight is 381 g/mol. The van der Waals surface area contributed by atoms with Crippen molar-refractivity contribution in [3.05, 3.63) is 10.1 Å². The Labute approximate surface area is 158 Å². The van der Waals surface area contributed by atoms with Crippen LogP contribution in [0.25, 0.3) is 0 Å². The van der Waals surface area contributed by atoms with Gasteiger partial charge in [0, 0.05) is 17.3 Å². The van der Waals surface area contributed by atoms with Gasteiger partial charge in [0.15, 0.2) is 0 Å². The molecule has 0 spiro atoms. The first-order valence-electron chi connectivity index (χ1n) is 8.23. The summed E-state index contributed by atoms with van der Waals surface area (Å²) in [6.45, 7) is 8.23. The van der Waals surface area contributed by atoms with Crippen LogP contribution in [0.3, 0.4) is 0 Å². The van der Waals surface area contributed by atoms with Crippen LogP contribution in [0.1, 0.15) is 68.2 Å². The molecule has 0 fully saturated rings. The van der Waals surface area contributed by atoms with Gasteiger partial charge >= 0.3 is 11.9 Å². The van der Waals surface area contributed by atoms with E-state index in [9.17, 15) is 19.7 Å². The lowest BCUT2D eigenvalue weighted by Crippen LogP contribution is -2.19. The van der Waals surface area contributed by atoms with Crippen molar-refractivity contribution in [2.45, 2.75) is 68.2 Å². The van der Waals surface area contributed by atoms with Gasteiger partial charge in [-0.25, -0.2) is 0 Å². The summed E-state index contributed by atoms with van der Waals surface area (Å²) in [7, 11) is 0. The van der Waals surface area contributed by atoms with E-state index < -0.39 is 16.9 Å². The molecule has 2 atom stereocenters. The van der Waals surface area contributed by atoms with Crippen LogP contribution in [-0.4, -0.2) is 40.2 Å². The number of nitro groups is 1. The van der Waals surface area contributed by atoms with Gasteiger partial charge in [0.05, 0.1) is 6.42 Å². The van der Waals surface area contributed by atoms with Gasteiger partial charge in [0.25, 0.3) is 0 Å². The Morgan fingerprint density at radius 3 is 1.54 bits per heavy atom. The zero-order valence-corrected chi connectivity index (χ0v) is 15.1. The third kappa shape index (κ3) is 24.6. The topological polar surface area (TPSA) is 144 Å². The molecule has 0 rings (SSSR count). The Morgan fingerprint density at radius 2 is 1.27 bits per heavy atom. The minimum atomic E-state index is -0.965. The van der Waals surface area contributed by atoms with Gasteiger partial charge in [-0.3, -0.25) is 19.7 Å². The molecular weight excluding hydrogens is 340 g/mol. The monoisotopic (exact) mass is 380 g/mol. The summed E-state index contributed by atoms with van der Waals surface area (Å²) in [4.78, 5) is 30.4. The average Bonchev–Trinajstić information content (AvgIpc) is 2.34. The highest BCUT2D eigenvalue weighted by Crippen LogP contribution is 2.15. The van der Waals surface area contributed by atoms with Crippen molar-refractivity contribution in [3.63, 3.8) is 0 Å². The smallest absolute Gasteiger partial charge is 0.303 e. The Bertz CT molecular complexity index is 370. The van der Waals surface area contributed by atoms with E-state index >= 15 is 0 Å². The molecular formula is C18H40N2O6. The standard InChI is InChI=1S/C8H15NO4.C8H17NO2.2CH4/c1-6(2)3-7(4-8(10)11)5-9(12)13;1-6(2)3-7(5-9)4-8(10)11;;/h6-7H,3-5H2,1-2H3,(H,10,11);6-7H,3-5,9H2,1-2H3,(H,10,11);2*1H4/t2*7-;;/m00../s1. The van der Waals surface area contributed by atoms with Crippen LogP contribution in [0.4, 0.5) is 0 Å². The van der Waals surface area contributed by atoms with Gasteiger partial charge in [-0.15, -0.1) is 0 Å². The largest absolute Gasteiger partial charge is 0.481 e. The highest BCUT2D eigenvalue weighted by Gasteiger charge is 2.19. The predicted molar refractivity (Wildman–Crippen MR) is 105 cm³/mol. The van der Waals surface area contributed by atoms with Gasteiger partial charge < -0.3 is 15.9 Å². The van der Waals surface area contributed by atoms with E-state index in [1.54, 1.807) is 0 Å². The number of hydrogen-bond acceptors (Lipinski definition) is 5. The Balaban J connectivity index is -0.000000175. The van der Waals surface area contributed by atoms with Crippen LogP contribution in [0.5, 0.6) is 0 Å². The number of hydrogen-bond donors (Lipinski definition) is 3. The normalized spacial score (nSPS) is 12.1. The molecule has 0 heterocycles. The second-order valence-electron chi connectivity index (χ2n) is 6.94. The first kappa shape index (κ1) is 32.0. The predicted octanol–water partition coefficient (Wildman–Crippen LogP) is 3.75. The van der Waals surface area contributed by atoms with Gasteiger partial charge in [-0.1, -0.05) is 42.5 Å². The Morgan fingerprint density at radius 1 is 0.923 bits per heavy atom. The van der Waals surface area contributed by atoms with Crippen molar-refractivity contribution in [1.82, 2.24) is 0 Å². The summed E-state index contributed by atoms with van der Waals surface area (Å²) in [6.07, 6.45) is 1.59. The molecule has 0 saturated carbocycles. The number of nitrogens with zero attached hydrogens (tertiary/aromatic N) is 1. The van der Waals surface area contributed by atoms with Gasteiger partial charge in [0.2, 0.25) is 6.54 Å². The summed E-state index contributed by atoms with van der Waals surface area (Å²) < 4.78 is 0. The molecule has 0 aromatic rings. The van der Waals surface area contributed by atoms with Gasteiger partial charge in [0.1, 0.15) is 0 Å². The molecule has 0 aliphatic heterocycles. The molecule has 158 valence electrons. The van der Waals surface area contributed by atoms with Gasteiger partial charge in [-0.05, 0) is 37.1 Å². The van der Waals surface area contributed by atoms with Crippen molar-refractivity contribution in [2.75, 3.05) is 13.1 Å². The molecule has 0 bridgehead atoms. The molecule has 0 aromatic carbocycles. The fourth-order valence-electron chi connectivity index (χ4n) is 2.52. The fourth-order valence-corrected chi connectivity index (χ4v) is 2.52. The maximum absolute atomic E-state index is 10.4. The minimum Gasteiger partial charge on any atom is -0.481 e. The quantitative estimate of drug-likeness (QED) is 0.365.